The molecule has 134 valence electrons. The van der Waals surface area contributed by atoms with Crippen molar-refractivity contribution in [2.24, 2.45) is 0 Å². The molecule has 1 aliphatic rings. The van der Waals surface area contributed by atoms with Gasteiger partial charge in [-0.3, -0.25) is 9.10 Å². The van der Waals surface area contributed by atoms with Gasteiger partial charge >= 0.3 is 0 Å². The van der Waals surface area contributed by atoms with Gasteiger partial charge in [0, 0.05) is 20.2 Å². The van der Waals surface area contributed by atoms with Gasteiger partial charge in [0.15, 0.2) is 6.10 Å². The van der Waals surface area contributed by atoms with Crippen LogP contribution in [0.1, 0.15) is 19.8 Å². The second-order valence-electron chi connectivity index (χ2n) is 5.86. The van der Waals surface area contributed by atoms with Gasteiger partial charge in [0.1, 0.15) is 5.75 Å². The molecule has 0 radical (unpaired) electrons. The topological polar surface area (TPSA) is 84.9 Å². The molecule has 1 heterocycles. The summed E-state index contributed by atoms with van der Waals surface area (Å²) in [6.45, 7) is 2.91. The third-order valence-corrected chi connectivity index (χ3v) is 5.11. The van der Waals surface area contributed by atoms with Gasteiger partial charge in [-0.1, -0.05) is 0 Å². The normalized spacial score (nSPS) is 18.9. The van der Waals surface area contributed by atoms with Crippen LogP contribution in [0.3, 0.4) is 0 Å². The number of carbonyl (C=O) groups is 1. The molecule has 1 aliphatic heterocycles. The van der Waals surface area contributed by atoms with Crippen LogP contribution in [-0.2, 0) is 19.6 Å². The number of amides is 1. The van der Waals surface area contributed by atoms with Crippen LogP contribution >= 0.6 is 0 Å². The summed E-state index contributed by atoms with van der Waals surface area (Å²) in [4.78, 5) is 12.0. The molecule has 0 saturated carbocycles. The van der Waals surface area contributed by atoms with E-state index in [1.807, 2.05) is 0 Å². The predicted molar refractivity (Wildman–Crippen MR) is 91.8 cm³/mol. The summed E-state index contributed by atoms with van der Waals surface area (Å²) in [5.74, 6) is 0.295. The lowest BCUT2D eigenvalue weighted by Crippen LogP contribution is -2.40. The van der Waals surface area contributed by atoms with E-state index in [1.54, 1.807) is 31.2 Å². The Balaban J connectivity index is 1.86. The van der Waals surface area contributed by atoms with Gasteiger partial charge in [-0.05, 0) is 44.0 Å². The van der Waals surface area contributed by atoms with Gasteiger partial charge in [-0.15, -0.1) is 0 Å². The molecule has 8 heteroatoms. The Morgan fingerprint density at radius 2 is 2.08 bits per heavy atom. The van der Waals surface area contributed by atoms with Crippen LogP contribution in [0, 0.1) is 0 Å². The summed E-state index contributed by atoms with van der Waals surface area (Å²) in [5, 5.41) is 2.82. The van der Waals surface area contributed by atoms with Gasteiger partial charge < -0.3 is 14.8 Å². The van der Waals surface area contributed by atoms with E-state index >= 15 is 0 Å². The molecular formula is C16H24N2O5S. The number of hydrogen-bond donors (Lipinski definition) is 1. The molecule has 1 N–H and O–H groups in total. The molecule has 2 atom stereocenters. The van der Waals surface area contributed by atoms with Gasteiger partial charge in [0.25, 0.3) is 5.91 Å². The molecule has 1 aromatic rings. The third kappa shape index (κ3) is 5.10. The van der Waals surface area contributed by atoms with Crippen molar-refractivity contribution in [1.82, 2.24) is 5.32 Å². The van der Waals surface area contributed by atoms with Crippen LogP contribution in [0.15, 0.2) is 24.3 Å². The summed E-state index contributed by atoms with van der Waals surface area (Å²) < 4.78 is 35.2. The largest absolute Gasteiger partial charge is 0.481 e. The number of ether oxygens (including phenoxy) is 2. The Bertz CT molecular complexity index is 654. The van der Waals surface area contributed by atoms with E-state index in [0.717, 1.165) is 25.7 Å². The van der Waals surface area contributed by atoms with Crippen molar-refractivity contribution in [3.63, 3.8) is 0 Å². The van der Waals surface area contributed by atoms with Crippen molar-refractivity contribution in [3.8, 4) is 5.75 Å². The molecule has 1 aromatic carbocycles. The number of sulfonamides is 1. The molecule has 2 rings (SSSR count). The summed E-state index contributed by atoms with van der Waals surface area (Å²) >= 11 is 0. The highest BCUT2D eigenvalue weighted by atomic mass is 32.2. The van der Waals surface area contributed by atoms with E-state index in [2.05, 4.69) is 5.32 Å². The van der Waals surface area contributed by atoms with Crippen LogP contribution < -0.4 is 14.4 Å². The van der Waals surface area contributed by atoms with Crippen LogP contribution in [0.5, 0.6) is 5.75 Å². The molecule has 0 aliphatic carbocycles. The molecular weight excluding hydrogens is 332 g/mol. The number of anilines is 1. The summed E-state index contributed by atoms with van der Waals surface area (Å²) in [6.07, 6.45) is 2.57. The number of nitrogens with one attached hydrogen (secondary N) is 1. The molecule has 0 bridgehead atoms. The van der Waals surface area contributed by atoms with E-state index in [4.69, 9.17) is 9.47 Å². The highest BCUT2D eigenvalue weighted by Crippen LogP contribution is 2.21. The zero-order valence-electron chi connectivity index (χ0n) is 14.2. The number of rotatable bonds is 7. The first-order valence-electron chi connectivity index (χ1n) is 7.87. The van der Waals surface area contributed by atoms with Crippen LogP contribution in [-0.4, -0.2) is 53.0 Å². The fourth-order valence-corrected chi connectivity index (χ4v) is 2.85. The third-order valence-electron chi connectivity index (χ3n) is 3.91. The van der Waals surface area contributed by atoms with Crippen LogP contribution in [0.2, 0.25) is 0 Å². The summed E-state index contributed by atoms with van der Waals surface area (Å²) in [5.41, 5.74) is 0.528. The molecule has 1 amide bonds. The first-order chi connectivity index (χ1) is 11.3. The van der Waals surface area contributed by atoms with Crippen molar-refractivity contribution in [2.45, 2.75) is 32.0 Å². The highest BCUT2D eigenvalue weighted by molar-refractivity contribution is 7.92. The molecule has 7 nitrogen and oxygen atoms in total. The van der Waals surface area contributed by atoms with Crippen molar-refractivity contribution < 1.29 is 22.7 Å². The molecule has 0 unspecified atom stereocenters. The lowest BCUT2D eigenvalue weighted by atomic mass is 10.2. The van der Waals surface area contributed by atoms with E-state index < -0.39 is 16.1 Å². The lowest BCUT2D eigenvalue weighted by molar-refractivity contribution is -0.127. The molecule has 1 fully saturated rings. The van der Waals surface area contributed by atoms with Gasteiger partial charge in [-0.2, -0.15) is 0 Å². The predicted octanol–water partition coefficient (Wildman–Crippen LogP) is 1.14. The van der Waals surface area contributed by atoms with Crippen LogP contribution in [0.4, 0.5) is 5.69 Å². The highest BCUT2D eigenvalue weighted by Gasteiger charge is 2.20. The Kier molecular flexibility index (Phi) is 6.06. The quantitative estimate of drug-likeness (QED) is 0.792. The maximum atomic E-state index is 12.0. The number of carbonyl (C=O) groups excluding carboxylic acids is 1. The van der Waals surface area contributed by atoms with E-state index in [9.17, 15) is 13.2 Å². The Hall–Kier alpha value is -1.80. The van der Waals surface area contributed by atoms with Gasteiger partial charge in [0.2, 0.25) is 10.0 Å². The minimum atomic E-state index is -3.30. The number of hydrogen-bond acceptors (Lipinski definition) is 5. The number of benzene rings is 1. The Morgan fingerprint density at radius 1 is 1.42 bits per heavy atom. The smallest absolute Gasteiger partial charge is 0.260 e. The van der Waals surface area contributed by atoms with Crippen molar-refractivity contribution >= 4 is 21.6 Å². The zero-order valence-corrected chi connectivity index (χ0v) is 15.0. The van der Waals surface area contributed by atoms with E-state index in [0.29, 0.717) is 18.0 Å². The lowest BCUT2D eigenvalue weighted by Gasteiger charge is -2.19. The number of nitrogens with zero attached hydrogens (tertiary/aromatic N) is 1. The maximum absolute atomic E-state index is 12.0. The Labute approximate surface area is 143 Å². The van der Waals surface area contributed by atoms with Crippen molar-refractivity contribution in [3.05, 3.63) is 24.3 Å². The minimum Gasteiger partial charge on any atom is -0.481 e. The first-order valence-corrected chi connectivity index (χ1v) is 9.72. The molecule has 0 aromatic heterocycles. The maximum Gasteiger partial charge on any atom is 0.260 e. The average Bonchev–Trinajstić information content (AvgIpc) is 3.05. The average molecular weight is 356 g/mol. The molecule has 0 spiro atoms. The minimum absolute atomic E-state index is 0.0898. The summed E-state index contributed by atoms with van der Waals surface area (Å²) in [7, 11) is -1.83. The SMILES string of the molecule is C[C@H](Oc1ccc(N(C)S(C)(=O)=O)cc1)C(=O)NC[C@@H]1CCCO1. The second kappa shape index (κ2) is 7.85. The van der Waals surface area contributed by atoms with E-state index in [1.165, 1.54) is 11.4 Å². The zero-order chi connectivity index (χ0) is 17.7. The monoisotopic (exact) mass is 356 g/mol. The Morgan fingerprint density at radius 3 is 2.62 bits per heavy atom. The summed E-state index contributed by atoms with van der Waals surface area (Å²) in [6, 6.07) is 6.54. The van der Waals surface area contributed by atoms with Gasteiger partial charge in [-0.25, -0.2) is 8.42 Å². The molecule has 1 saturated heterocycles. The van der Waals surface area contributed by atoms with Crippen molar-refractivity contribution in [1.29, 1.82) is 0 Å². The van der Waals surface area contributed by atoms with Gasteiger partial charge in [0.05, 0.1) is 18.0 Å². The fraction of sp³-hybridized carbons (Fsp3) is 0.562. The van der Waals surface area contributed by atoms with E-state index in [-0.39, 0.29) is 12.0 Å². The van der Waals surface area contributed by atoms with Crippen LogP contribution in [0.25, 0.3) is 0 Å². The molecule has 24 heavy (non-hydrogen) atoms. The standard InChI is InChI=1S/C16H24N2O5S/c1-12(16(19)17-11-15-5-4-10-22-15)23-14-8-6-13(7-9-14)18(2)24(3,20)21/h6-9,12,15H,4-5,10-11H2,1-3H3,(H,17,19)/t12-,15-/m0/s1. The fourth-order valence-electron chi connectivity index (χ4n) is 2.35. The van der Waals surface area contributed by atoms with Crippen molar-refractivity contribution in [2.75, 3.05) is 30.8 Å². The second-order valence-corrected chi connectivity index (χ2v) is 7.88. The first kappa shape index (κ1) is 18.5.